The zero-order chi connectivity index (χ0) is 11.6. The van der Waals surface area contributed by atoms with Gasteiger partial charge in [-0.3, -0.25) is 9.00 Å². The number of aliphatic carboxylic acids is 1. The van der Waals surface area contributed by atoms with Crippen LogP contribution in [0.5, 0.6) is 0 Å². The maximum absolute atomic E-state index is 11.9. The number of thiophene rings is 1. The van der Waals surface area contributed by atoms with Crippen LogP contribution in [0.15, 0.2) is 16.8 Å². The number of carbonyl (C=O) groups is 1. The van der Waals surface area contributed by atoms with Crippen molar-refractivity contribution >= 4 is 28.1 Å². The van der Waals surface area contributed by atoms with Gasteiger partial charge in [0.15, 0.2) is 0 Å². The Morgan fingerprint density at radius 3 is 2.81 bits per heavy atom. The molecule has 1 heterocycles. The predicted octanol–water partition coefficient (Wildman–Crippen LogP) is 2.25. The second-order valence-electron chi connectivity index (χ2n) is 4.43. The molecule has 1 aromatic rings. The van der Waals surface area contributed by atoms with Crippen LogP contribution in [0.1, 0.15) is 24.8 Å². The van der Waals surface area contributed by atoms with Crippen LogP contribution in [0.25, 0.3) is 0 Å². The van der Waals surface area contributed by atoms with Crippen molar-refractivity contribution in [3.63, 3.8) is 0 Å². The van der Waals surface area contributed by atoms with E-state index in [4.69, 9.17) is 5.11 Å². The number of hydrogen-bond donors (Lipinski definition) is 1. The van der Waals surface area contributed by atoms with Gasteiger partial charge in [0.05, 0.1) is 6.42 Å². The van der Waals surface area contributed by atoms with Crippen molar-refractivity contribution < 1.29 is 14.1 Å². The lowest BCUT2D eigenvalue weighted by Crippen LogP contribution is -2.17. The highest BCUT2D eigenvalue weighted by Gasteiger charge is 2.45. The summed E-state index contributed by atoms with van der Waals surface area (Å²) in [6.07, 6.45) is 1.99. The first-order chi connectivity index (χ1) is 7.60. The Balaban J connectivity index is 1.85. The first-order valence-electron chi connectivity index (χ1n) is 5.18. The van der Waals surface area contributed by atoms with Gasteiger partial charge >= 0.3 is 5.97 Å². The number of rotatable bonds is 6. The third kappa shape index (κ3) is 3.15. The summed E-state index contributed by atoms with van der Waals surface area (Å²) in [5.41, 5.74) is 0.932. The lowest BCUT2D eigenvalue weighted by Gasteiger charge is -2.11. The summed E-state index contributed by atoms with van der Waals surface area (Å²) in [5.74, 6) is 0.324. The first kappa shape index (κ1) is 11.8. The van der Waals surface area contributed by atoms with Crippen molar-refractivity contribution in [2.45, 2.75) is 25.0 Å². The third-order valence-corrected chi connectivity index (χ3v) is 5.18. The third-order valence-electron chi connectivity index (χ3n) is 2.86. The Bertz CT molecular complexity index is 393. The molecule has 0 spiro atoms. The smallest absolute Gasteiger partial charge is 0.303 e. The Labute approximate surface area is 101 Å². The molecule has 88 valence electrons. The van der Waals surface area contributed by atoms with Crippen LogP contribution in [0.2, 0.25) is 0 Å². The van der Waals surface area contributed by atoms with Crippen LogP contribution >= 0.6 is 11.3 Å². The average Bonchev–Trinajstić information content (AvgIpc) is 2.74. The zero-order valence-electron chi connectivity index (χ0n) is 8.85. The molecule has 0 amide bonds. The van der Waals surface area contributed by atoms with Gasteiger partial charge in [-0.15, -0.1) is 0 Å². The summed E-state index contributed by atoms with van der Waals surface area (Å²) < 4.78 is 11.9. The normalized spacial score (nSPS) is 19.2. The van der Waals surface area contributed by atoms with Gasteiger partial charge in [0, 0.05) is 22.3 Å². The molecule has 16 heavy (non-hydrogen) atoms. The van der Waals surface area contributed by atoms with E-state index in [1.165, 1.54) is 0 Å². The highest BCUT2D eigenvalue weighted by Crippen LogP contribution is 2.49. The van der Waals surface area contributed by atoms with E-state index < -0.39 is 16.8 Å². The number of hydrogen-bond acceptors (Lipinski definition) is 3. The van der Waals surface area contributed by atoms with Gasteiger partial charge in [-0.1, -0.05) is 0 Å². The van der Waals surface area contributed by atoms with Crippen LogP contribution in [0, 0.1) is 5.41 Å². The fourth-order valence-electron chi connectivity index (χ4n) is 1.82. The fraction of sp³-hybridized carbons (Fsp3) is 0.545. The van der Waals surface area contributed by atoms with E-state index in [-0.39, 0.29) is 11.8 Å². The molecule has 0 radical (unpaired) electrons. The molecule has 5 heteroatoms. The summed E-state index contributed by atoms with van der Waals surface area (Å²) >= 11 is 1.60. The maximum Gasteiger partial charge on any atom is 0.303 e. The van der Waals surface area contributed by atoms with Gasteiger partial charge in [-0.2, -0.15) is 11.3 Å². The second-order valence-corrected chi connectivity index (χ2v) is 6.67. The Kier molecular flexibility index (Phi) is 3.44. The molecule has 1 aliphatic carbocycles. The van der Waals surface area contributed by atoms with Crippen molar-refractivity contribution in [2.75, 3.05) is 5.75 Å². The van der Waals surface area contributed by atoms with E-state index >= 15 is 0 Å². The molecule has 1 unspecified atom stereocenters. The van der Waals surface area contributed by atoms with E-state index in [0.717, 1.165) is 18.4 Å². The minimum atomic E-state index is -0.929. The summed E-state index contributed by atoms with van der Waals surface area (Å²) in [6.45, 7) is 0. The first-order valence-corrected chi connectivity index (χ1v) is 7.61. The molecule has 0 saturated heterocycles. The summed E-state index contributed by atoms with van der Waals surface area (Å²) in [7, 11) is -0.929. The van der Waals surface area contributed by atoms with Crippen LogP contribution in [0.4, 0.5) is 0 Å². The van der Waals surface area contributed by atoms with Crippen molar-refractivity contribution in [2.24, 2.45) is 5.41 Å². The van der Waals surface area contributed by atoms with Gasteiger partial charge in [0.1, 0.15) is 0 Å². The standard InChI is InChI=1S/C11H14O3S2/c12-10(13)5-11(2-3-11)8-16(14)7-9-1-4-15-6-9/h1,4,6H,2-3,5,7-8H2,(H,12,13). The Hall–Kier alpha value is -0.680. The molecular weight excluding hydrogens is 244 g/mol. The number of carboxylic acids is 1. The zero-order valence-corrected chi connectivity index (χ0v) is 10.5. The lowest BCUT2D eigenvalue weighted by molar-refractivity contribution is -0.138. The molecule has 2 rings (SSSR count). The fourth-order valence-corrected chi connectivity index (χ4v) is 4.32. The summed E-state index contributed by atoms with van der Waals surface area (Å²) in [4.78, 5) is 10.7. The Morgan fingerprint density at radius 2 is 2.31 bits per heavy atom. The van der Waals surface area contributed by atoms with Crippen molar-refractivity contribution in [3.05, 3.63) is 22.4 Å². The SMILES string of the molecule is O=C(O)CC1(CS(=O)Cc2ccsc2)CC1. The molecule has 0 bridgehead atoms. The minimum absolute atomic E-state index is 0.160. The van der Waals surface area contributed by atoms with Gasteiger partial charge in [0.2, 0.25) is 0 Å². The van der Waals surface area contributed by atoms with Crippen molar-refractivity contribution in [1.82, 2.24) is 0 Å². The van der Waals surface area contributed by atoms with Gasteiger partial charge in [-0.25, -0.2) is 0 Å². The van der Waals surface area contributed by atoms with E-state index in [1.54, 1.807) is 11.3 Å². The highest BCUT2D eigenvalue weighted by molar-refractivity contribution is 7.84. The molecule has 0 aromatic carbocycles. The largest absolute Gasteiger partial charge is 0.481 e. The Morgan fingerprint density at radius 1 is 1.56 bits per heavy atom. The van der Waals surface area contributed by atoms with E-state index in [9.17, 15) is 9.00 Å². The second kappa shape index (κ2) is 4.67. The van der Waals surface area contributed by atoms with Gasteiger partial charge in [-0.05, 0) is 40.6 Å². The van der Waals surface area contributed by atoms with Gasteiger partial charge < -0.3 is 5.11 Å². The summed E-state index contributed by atoms with van der Waals surface area (Å²) in [5, 5.41) is 12.7. The topological polar surface area (TPSA) is 54.4 Å². The molecule has 0 aliphatic heterocycles. The quantitative estimate of drug-likeness (QED) is 0.851. The maximum atomic E-state index is 11.9. The molecule has 3 nitrogen and oxygen atoms in total. The average molecular weight is 258 g/mol. The van der Waals surface area contributed by atoms with Crippen molar-refractivity contribution in [1.29, 1.82) is 0 Å². The number of carboxylic acid groups (broad SMARTS) is 1. The van der Waals surface area contributed by atoms with E-state index in [0.29, 0.717) is 11.5 Å². The molecule has 1 fully saturated rings. The highest BCUT2D eigenvalue weighted by atomic mass is 32.2. The molecular formula is C11H14O3S2. The van der Waals surface area contributed by atoms with Crippen LogP contribution < -0.4 is 0 Å². The van der Waals surface area contributed by atoms with Crippen LogP contribution in [-0.2, 0) is 21.3 Å². The minimum Gasteiger partial charge on any atom is -0.481 e. The van der Waals surface area contributed by atoms with Crippen LogP contribution in [0.3, 0.4) is 0 Å². The monoisotopic (exact) mass is 258 g/mol. The van der Waals surface area contributed by atoms with E-state index in [2.05, 4.69) is 0 Å². The van der Waals surface area contributed by atoms with Crippen molar-refractivity contribution in [3.8, 4) is 0 Å². The molecule has 1 aromatic heterocycles. The van der Waals surface area contributed by atoms with Crippen LogP contribution in [-0.4, -0.2) is 21.0 Å². The summed E-state index contributed by atoms with van der Waals surface area (Å²) in [6, 6.07) is 1.97. The molecule has 1 atom stereocenters. The molecule has 1 aliphatic rings. The van der Waals surface area contributed by atoms with Gasteiger partial charge in [0.25, 0.3) is 0 Å². The lowest BCUT2D eigenvalue weighted by atomic mass is 10.1. The predicted molar refractivity (Wildman–Crippen MR) is 65.0 cm³/mol. The molecule has 1 saturated carbocycles. The molecule has 1 N–H and O–H groups in total. The van der Waals surface area contributed by atoms with E-state index in [1.807, 2.05) is 16.8 Å².